The molecule has 0 aliphatic heterocycles. The van der Waals surface area contributed by atoms with Crippen LogP contribution < -0.4 is 14.4 Å². The summed E-state index contributed by atoms with van der Waals surface area (Å²) in [7, 11) is -2.48. The van der Waals surface area contributed by atoms with Gasteiger partial charge in [0.2, 0.25) is 5.91 Å². The van der Waals surface area contributed by atoms with E-state index in [2.05, 4.69) is 5.32 Å². The monoisotopic (exact) mass is 472 g/mol. The van der Waals surface area contributed by atoms with E-state index < -0.39 is 22.5 Å². The molecule has 0 bridgehead atoms. The van der Waals surface area contributed by atoms with E-state index in [1.807, 2.05) is 26.0 Å². The first-order valence-electron chi connectivity index (χ1n) is 10.1. The molecule has 3 aromatic carbocycles. The quantitative estimate of drug-likeness (QED) is 0.497. The number of hydrogen-bond acceptors (Lipinski definition) is 4. The van der Waals surface area contributed by atoms with Crippen molar-refractivity contribution in [2.75, 3.05) is 23.3 Å². The Balaban J connectivity index is 1.96. The molecule has 0 spiro atoms. The second kappa shape index (κ2) is 10.1. The standard InChI is InChI=1S/C24H25ClN2O4S/c1-4-18-7-5-6-8-22(18)27(32(29,30)20-12-9-17(2)10-13-20)16-24(28)26-19-11-14-23(31-3)21(25)15-19/h5-15H,4,16H2,1-3H3,(H,26,28). The predicted octanol–water partition coefficient (Wildman–Crippen LogP) is 5.05. The van der Waals surface area contributed by atoms with Crippen molar-refractivity contribution in [3.05, 3.63) is 82.9 Å². The molecule has 0 aromatic heterocycles. The van der Waals surface area contributed by atoms with E-state index in [0.29, 0.717) is 28.6 Å². The van der Waals surface area contributed by atoms with E-state index in [0.717, 1.165) is 15.4 Å². The van der Waals surface area contributed by atoms with Crippen molar-refractivity contribution >= 4 is 38.9 Å². The highest BCUT2D eigenvalue weighted by Gasteiger charge is 2.28. The molecular weight excluding hydrogens is 448 g/mol. The SMILES string of the molecule is CCc1ccccc1N(CC(=O)Nc1ccc(OC)c(Cl)c1)S(=O)(=O)c1ccc(C)cc1. The number of aryl methyl sites for hydroxylation is 2. The van der Waals surface area contributed by atoms with E-state index in [-0.39, 0.29) is 4.90 Å². The number of hydrogen-bond donors (Lipinski definition) is 1. The number of amides is 1. The predicted molar refractivity (Wildman–Crippen MR) is 128 cm³/mol. The molecule has 0 atom stereocenters. The third-order valence-corrected chi connectivity index (χ3v) is 7.04. The van der Waals surface area contributed by atoms with Gasteiger partial charge >= 0.3 is 0 Å². The number of rotatable bonds is 8. The molecule has 32 heavy (non-hydrogen) atoms. The maximum absolute atomic E-state index is 13.5. The van der Waals surface area contributed by atoms with Gasteiger partial charge in [-0.05, 0) is 55.3 Å². The largest absolute Gasteiger partial charge is 0.495 e. The minimum atomic E-state index is -3.98. The lowest BCUT2D eigenvalue weighted by Gasteiger charge is -2.26. The molecule has 0 radical (unpaired) electrons. The molecule has 0 aliphatic carbocycles. The molecule has 168 valence electrons. The Morgan fingerprint density at radius 2 is 1.75 bits per heavy atom. The minimum Gasteiger partial charge on any atom is -0.495 e. The average molecular weight is 473 g/mol. The zero-order valence-electron chi connectivity index (χ0n) is 18.1. The molecule has 1 amide bonds. The van der Waals surface area contributed by atoms with Crippen molar-refractivity contribution in [3.8, 4) is 5.75 Å². The zero-order chi connectivity index (χ0) is 23.3. The first kappa shape index (κ1) is 23.6. The highest BCUT2D eigenvalue weighted by Crippen LogP contribution is 2.29. The van der Waals surface area contributed by atoms with E-state index in [1.165, 1.54) is 7.11 Å². The summed E-state index contributed by atoms with van der Waals surface area (Å²) in [6.07, 6.45) is 0.617. The first-order valence-corrected chi connectivity index (χ1v) is 11.9. The van der Waals surface area contributed by atoms with Gasteiger partial charge < -0.3 is 10.1 Å². The van der Waals surface area contributed by atoms with Gasteiger partial charge in [-0.25, -0.2) is 8.42 Å². The summed E-state index contributed by atoms with van der Waals surface area (Å²) in [5, 5.41) is 3.06. The topological polar surface area (TPSA) is 75.7 Å². The summed E-state index contributed by atoms with van der Waals surface area (Å²) >= 11 is 6.14. The fourth-order valence-corrected chi connectivity index (χ4v) is 4.98. The summed E-state index contributed by atoms with van der Waals surface area (Å²) < 4.78 is 33.4. The van der Waals surface area contributed by atoms with Crippen LogP contribution in [0.5, 0.6) is 5.75 Å². The maximum atomic E-state index is 13.5. The minimum absolute atomic E-state index is 0.120. The summed E-state index contributed by atoms with van der Waals surface area (Å²) in [6, 6.07) is 18.6. The Kier molecular flexibility index (Phi) is 7.43. The van der Waals surface area contributed by atoms with Gasteiger partial charge in [0, 0.05) is 5.69 Å². The number of halogens is 1. The second-order valence-corrected chi connectivity index (χ2v) is 9.47. The third-order valence-electron chi connectivity index (χ3n) is 4.97. The number of nitrogens with zero attached hydrogens (tertiary/aromatic N) is 1. The molecule has 0 aliphatic rings. The van der Waals surface area contributed by atoms with Gasteiger partial charge in [-0.3, -0.25) is 9.10 Å². The number of anilines is 2. The summed E-state index contributed by atoms with van der Waals surface area (Å²) in [5.41, 5.74) is 2.68. The number of para-hydroxylation sites is 1. The van der Waals surface area contributed by atoms with Gasteiger partial charge in [-0.2, -0.15) is 0 Å². The van der Waals surface area contributed by atoms with E-state index in [4.69, 9.17) is 16.3 Å². The molecule has 1 N–H and O–H groups in total. The van der Waals surface area contributed by atoms with E-state index in [9.17, 15) is 13.2 Å². The Morgan fingerprint density at radius 1 is 1.06 bits per heavy atom. The Labute approximate surface area is 193 Å². The van der Waals surface area contributed by atoms with Crippen molar-refractivity contribution in [1.29, 1.82) is 0 Å². The molecule has 3 rings (SSSR count). The van der Waals surface area contributed by atoms with Gasteiger partial charge in [0.15, 0.2) is 0 Å². The fraction of sp³-hybridized carbons (Fsp3) is 0.208. The van der Waals surface area contributed by atoms with Crippen LogP contribution in [-0.4, -0.2) is 28.0 Å². The van der Waals surface area contributed by atoms with Crippen LogP contribution in [0, 0.1) is 6.92 Å². The molecule has 0 unspecified atom stereocenters. The lowest BCUT2D eigenvalue weighted by atomic mass is 10.1. The van der Waals surface area contributed by atoms with Crippen LogP contribution in [0.2, 0.25) is 5.02 Å². The second-order valence-electron chi connectivity index (χ2n) is 7.20. The Morgan fingerprint density at radius 3 is 2.38 bits per heavy atom. The van der Waals surface area contributed by atoms with Gasteiger partial charge in [0.05, 0.1) is 22.7 Å². The van der Waals surface area contributed by atoms with Gasteiger partial charge in [0.1, 0.15) is 12.3 Å². The molecule has 0 heterocycles. The van der Waals surface area contributed by atoms with Crippen LogP contribution in [0.15, 0.2) is 71.6 Å². The number of carbonyl (C=O) groups is 1. The lowest BCUT2D eigenvalue weighted by molar-refractivity contribution is -0.114. The highest BCUT2D eigenvalue weighted by atomic mass is 35.5. The number of nitrogens with one attached hydrogen (secondary N) is 1. The number of benzene rings is 3. The molecular formula is C24H25ClN2O4S. The van der Waals surface area contributed by atoms with Gasteiger partial charge in [-0.15, -0.1) is 0 Å². The van der Waals surface area contributed by atoms with Crippen LogP contribution in [-0.2, 0) is 21.2 Å². The normalized spacial score (nSPS) is 11.1. The smallest absolute Gasteiger partial charge is 0.264 e. The Bertz CT molecular complexity index is 1210. The van der Waals surface area contributed by atoms with E-state index >= 15 is 0 Å². The number of sulfonamides is 1. The van der Waals surface area contributed by atoms with Crippen LogP contribution in [0.1, 0.15) is 18.1 Å². The van der Waals surface area contributed by atoms with Crippen LogP contribution in [0.4, 0.5) is 11.4 Å². The van der Waals surface area contributed by atoms with Crippen molar-refractivity contribution in [3.63, 3.8) is 0 Å². The van der Waals surface area contributed by atoms with Crippen molar-refractivity contribution in [2.24, 2.45) is 0 Å². The third kappa shape index (κ3) is 5.23. The maximum Gasteiger partial charge on any atom is 0.264 e. The number of ether oxygens (including phenoxy) is 1. The van der Waals surface area contributed by atoms with Crippen LogP contribution in [0.25, 0.3) is 0 Å². The fourth-order valence-electron chi connectivity index (χ4n) is 3.27. The number of carbonyl (C=O) groups excluding carboxylic acids is 1. The highest BCUT2D eigenvalue weighted by molar-refractivity contribution is 7.92. The lowest BCUT2D eigenvalue weighted by Crippen LogP contribution is -2.38. The summed E-state index contributed by atoms with van der Waals surface area (Å²) in [6.45, 7) is 3.43. The Hall–Kier alpha value is -3.03. The van der Waals surface area contributed by atoms with Crippen molar-refractivity contribution in [1.82, 2.24) is 0 Å². The van der Waals surface area contributed by atoms with Crippen LogP contribution >= 0.6 is 11.6 Å². The summed E-state index contributed by atoms with van der Waals surface area (Å²) in [5.74, 6) is -0.0158. The zero-order valence-corrected chi connectivity index (χ0v) is 19.7. The molecule has 0 fully saturated rings. The number of methoxy groups -OCH3 is 1. The molecule has 8 heteroatoms. The van der Waals surface area contributed by atoms with Crippen molar-refractivity contribution in [2.45, 2.75) is 25.2 Å². The van der Waals surface area contributed by atoms with Gasteiger partial charge in [0.25, 0.3) is 10.0 Å². The first-order chi connectivity index (χ1) is 15.3. The molecule has 0 saturated heterocycles. The summed E-state index contributed by atoms with van der Waals surface area (Å²) in [4.78, 5) is 13.0. The average Bonchev–Trinajstić information content (AvgIpc) is 2.78. The molecule has 3 aromatic rings. The molecule has 0 saturated carbocycles. The molecule has 6 nitrogen and oxygen atoms in total. The van der Waals surface area contributed by atoms with Gasteiger partial charge in [-0.1, -0.05) is 54.4 Å². The van der Waals surface area contributed by atoms with Crippen LogP contribution in [0.3, 0.4) is 0 Å². The van der Waals surface area contributed by atoms with E-state index in [1.54, 1.807) is 54.6 Å². The van der Waals surface area contributed by atoms with Crippen molar-refractivity contribution < 1.29 is 17.9 Å².